The van der Waals surface area contributed by atoms with E-state index in [-0.39, 0.29) is 0 Å². The first kappa shape index (κ1) is 17.9. The molecule has 4 N–H and O–H groups in total. The Labute approximate surface area is 130 Å². The number of hydrogen-bond donors (Lipinski definition) is 2. The summed E-state index contributed by atoms with van der Waals surface area (Å²) in [5, 5.41) is 0. The van der Waals surface area contributed by atoms with Gasteiger partial charge in [-0.15, -0.1) is 0 Å². The minimum atomic E-state index is 0.590. The van der Waals surface area contributed by atoms with E-state index in [1.54, 1.807) is 0 Å². The minimum Gasteiger partial charge on any atom is -0.326 e. The summed E-state index contributed by atoms with van der Waals surface area (Å²) in [6.07, 6.45) is 14.5. The molecule has 118 valence electrons. The second kappa shape index (κ2) is 9.75. The van der Waals surface area contributed by atoms with Crippen LogP contribution in [0.5, 0.6) is 0 Å². The van der Waals surface area contributed by atoms with Crippen LogP contribution in [0.15, 0.2) is 46.6 Å². The summed E-state index contributed by atoms with van der Waals surface area (Å²) in [5.41, 5.74) is 17.6. The molecule has 0 spiro atoms. The summed E-state index contributed by atoms with van der Waals surface area (Å²) in [5.74, 6) is 0.590. The van der Waals surface area contributed by atoms with Gasteiger partial charge in [0.2, 0.25) is 0 Å². The van der Waals surface area contributed by atoms with E-state index in [9.17, 15) is 0 Å². The van der Waals surface area contributed by atoms with Crippen molar-refractivity contribution in [1.29, 1.82) is 0 Å². The average Bonchev–Trinajstić information content (AvgIpc) is 2.53. The fourth-order valence-electron chi connectivity index (χ4n) is 3.10. The van der Waals surface area contributed by atoms with Crippen molar-refractivity contribution in [1.82, 2.24) is 0 Å². The van der Waals surface area contributed by atoms with Crippen molar-refractivity contribution < 1.29 is 0 Å². The molecule has 2 nitrogen and oxygen atoms in total. The Morgan fingerprint density at radius 3 is 2.57 bits per heavy atom. The molecule has 1 aliphatic carbocycles. The molecular formula is C19H32N2. The van der Waals surface area contributed by atoms with Gasteiger partial charge in [-0.1, -0.05) is 51.5 Å². The zero-order valence-corrected chi connectivity index (χ0v) is 14.0. The highest BCUT2D eigenvalue weighted by Gasteiger charge is 2.22. The Bertz CT molecular complexity index is 438. The molecule has 0 amide bonds. The highest BCUT2D eigenvalue weighted by atomic mass is 14.5. The molecule has 1 aliphatic rings. The Hall–Kier alpha value is -1.12. The van der Waals surface area contributed by atoms with E-state index in [0.29, 0.717) is 19.0 Å². The third kappa shape index (κ3) is 4.69. The van der Waals surface area contributed by atoms with E-state index in [1.807, 2.05) is 0 Å². The molecule has 0 aliphatic heterocycles. The second-order valence-corrected chi connectivity index (χ2v) is 5.65. The predicted molar refractivity (Wildman–Crippen MR) is 94.0 cm³/mol. The van der Waals surface area contributed by atoms with Crippen LogP contribution in [0.25, 0.3) is 0 Å². The van der Waals surface area contributed by atoms with E-state index >= 15 is 0 Å². The van der Waals surface area contributed by atoms with Gasteiger partial charge >= 0.3 is 0 Å². The van der Waals surface area contributed by atoms with Gasteiger partial charge in [-0.3, -0.25) is 0 Å². The molecule has 1 unspecified atom stereocenters. The molecule has 1 rings (SSSR count). The van der Waals surface area contributed by atoms with Gasteiger partial charge in [-0.05, 0) is 53.9 Å². The first-order chi connectivity index (χ1) is 10.2. The standard InChI is InChI=1S/C19H32N2/c1-4-7-10-16(13-20)18(9-5-2)19-15(6-3)11-8-12-17(19)14-21/h7-8,10,12,15H,4-6,9,11,13-14,20-21H2,1-3H3/b10-7-,18-16-. The van der Waals surface area contributed by atoms with Crippen molar-refractivity contribution in [2.75, 3.05) is 13.1 Å². The zero-order chi connectivity index (χ0) is 15.7. The Balaban J connectivity index is 3.40. The van der Waals surface area contributed by atoms with Gasteiger partial charge in [-0.25, -0.2) is 0 Å². The minimum absolute atomic E-state index is 0.590. The van der Waals surface area contributed by atoms with E-state index in [1.165, 1.54) is 22.3 Å². The van der Waals surface area contributed by atoms with Crippen LogP contribution in [0, 0.1) is 5.92 Å². The maximum atomic E-state index is 6.04. The molecule has 0 aromatic rings. The van der Waals surface area contributed by atoms with Gasteiger partial charge in [0.15, 0.2) is 0 Å². The highest BCUT2D eigenvalue weighted by molar-refractivity contribution is 5.49. The van der Waals surface area contributed by atoms with E-state index in [4.69, 9.17) is 11.5 Å². The fourth-order valence-corrected chi connectivity index (χ4v) is 3.10. The van der Waals surface area contributed by atoms with Crippen LogP contribution in [0.3, 0.4) is 0 Å². The molecule has 0 heterocycles. The van der Waals surface area contributed by atoms with Crippen LogP contribution >= 0.6 is 0 Å². The van der Waals surface area contributed by atoms with Gasteiger partial charge in [0.1, 0.15) is 0 Å². The molecule has 2 heteroatoms. The van der Waals surface area contributed by atoms with Crippen LogP contribution in [0.4, 0.5) is 0 Å². The fraction of sp³-hybridized carbons (Fsp3) is 0.579. The first-order valence-corrected chi connectivity index (χ1v) is 8.41. The SMILES string of the molecule is CC/C=C\C(CN)=C(/CCC)C1=C(CN)C=CCC1CC. The van der Waals surface area contributed by atoms with Gasteiger partial charge in [0.05, 0.1) is 0 Å². The molecule has 0 radical (unpaired) electrons. The summed E-state index contributed by atoms with van der Waals surface area (Å²) in [6.45, 7) is 7.89. The van der Waals surface area contributed by atoms with E-state index < -0.39 is 0 Å². The van der Waals surface area contributed by atoms with Crippen LogP contribution < -0.4 is 11.5 Å². The Kier molecular flexibility index (Phi) is 8.33. The van der Waals surface area contributed by atoms with Crippen molar-refractivity contribution in [3.63, 3.8) is 0 Å². The van der Waals surface area contributed by atoms with E-state index in [2.05, 4.69) is 45.1 Å². The summed E-state index contributed by atoms with van der Waals surface area (Å²) in [4.78, 5) is 0. The quantitative estimate of drug-likeness (QED) is 0.656. The topological polar surface area (TPSA) is 52.0 Å². The maximum Gasteiger partial charge on any atom is 0.0180 e. The van der Waals surface area contributed by atoms with Crippen molar-refractivity contribution in [3.05, 3.63) is 46.6 Å². The second-order valence-electron chi connectivity index (χ2n) is 5.65. The number of allylic oxidation sites excluding steroid dienone is 4. The molecule has 21 heavy (non-hydrogen) atoms. The molecule has 0 aromatic heterocycles. The van der Waals surface area contributed by atoms with Gasteiger partial charge in [0, 0.05) is 13.1 Å². The van der Waals surface area contributed by atoms with Gasteiger partial charge in [0.25, 0.3) is 0 Å². The zero-order valence-electron chi connectivity index (χ0n) is 14.0. The number of hydrogen-bond acceptors (Lipinski definition) is 2. The van der Waals surface area contributed by atoms with E-state index in [0.717, 1.165) is 32.1 Å². The summed E-state index contributed by atoms with van der Waals surface area (Å²) >= 11 is 0. The lowest BCUT2D eigenvalue weighted by molar-refractivity contribution is 0.585. The first-order valence-electron chi connectivity index (χ1n) is 8.41. The molecule has 0 bridgehead atoms. The van der Waals surface area contributed by atoms with Crippen molar-refractivity contribution in [3.8, 4) is 0 Å². The normalized spacial score (nSPS) is 20.3. The average molecular weight is 288 g/mol. The van der Waals surface area contributed by atoms with Gasteiger partial charge in [-0.2, -0.15) is 0 Å². The number of rotatable bonds is 8. The molecule has 0 aromatic carbocycles. The van der Waals surface area contributed by atoms with Crippen molar-refractivity contribution in [2.45, 2.75) is 52.9 Å². The Morgan fingerprint density at radius 2 is 2.05 bits per heavy atom. The summed E-state index contributed by atoms with van der Waals surface area (Å²) in [7, 11) is 0. The molecule has 0 saturated carbocycles. The lowest BCUT2D eigenvalue weighted by Crippen LogP contribution is -2.18. The molecule has 1 atom stereocenters. The molecule has 0 saturated heterocycles. The maximum absolute atomic E-state index is 6.04. The smallest absolute Gasteiger partial charge is 0.0180 e. The highest BCUT2D eigenvalue weighted by Crippen LogP contribution is 2.36. The van der Waals surface area contributed by atoms with Crippen LogP contribution in [-0.4, -0.2) is 13.1 Å². The molecular weight excluding hydrogens is 256 g/mol. The van der Waals surface area contributed by atoms with Crippen LogP contribution in [-0.2, 0) is 0 Å². The third-order valence-electron chi connectivity index (χ3n) is 4.19. The largest absolute Gasteiger partial charge is 0.326 e. The lowest BCUT2D eigenvalue weighted by Gasteiger charge is -2.28. The van der Waals surface area contributed by atoms with Crippen molar-refractivity contribution in [2.24, 2.45) is 17.4 Å². The summed E-state index contributed by atoms with van der Waals surface area (Å²) in [6, 6.07) is 0. The predicted octanol–water partition coefficient (Wildman–Crippen LogP) is 4.25. The molecule has 0 fully saturated rings. The van der Waals surface area contributed by atoms with Crippen molar-refractivity contribution >= 4 is 0 Å². The van der Waals surface area contributed by atoms with Crippen LogP contribution in [0.1, 0.15) is 52.9 Å². The lowest BCUT2D eigenvalue weighted by atomic mass is 9.78. The third-order valence-corrected chi connectivity index (χ3v) is 4.19. The van der Waals surface area contributed by atoms with Crippen LogP contribution in [0.2, 0.25) is 0 Å². The Morgan fingerprint density at radius 1 is 1.29 bits per heavy atom. The summed E-state index contributed by atoms with van der Waals surface area (Å²) < 4.78 is 0. The number of nitrogens with two attached hydrogens (primary N) is 2. The van der Waals surface area contributed by atoms with Gasteiger partial charge < -0.3 is 11.5 Å². The monoisotopic (exact) mass is 288 g/mol.